The van der Waals surface area contributed by atoms with E-state index in [1.807, 2.05) is 0 Å². The number of rotatable bonds is 2. The minimum atomic E-state index is -0.531. The second-order valence-electron chi connectivity index (χ2n) is 8.34. The highest BCUT2D eigenvalue weighted by atomic mass is 19.1. The molecule has 0 saturated heterocycles. The first-order valence-corrected chi connectivity index (χ1v) is 11.0. The third-order valence-electron chi connectivity index (χ3n) is 5.82. The van der Waals surface area contributed by atoms with Crippen molar-refractivity contribution in [2.45, 2.75) is 19.6 Å². The van der Waals surface area contributed by atoms with Gasteiger partial charge in [0.1, 0.15) is 34.8 Å². The van der Waals surface area contributed by atoms with Crippen molar-refractivity contribution in [3.63, 3.8) is 0 Å². The maximum absolute atomic E-state index is 14.1. The Balaban J connectivity index is 1.71. The van der Waals surface area contributed by atoms with Crippen molar-refractivity contribution in [3.8, 4) is 17.0 Å². The Labute approximate surface area is 204 Å². The number of pyridine rings is 1. The van der Waals surface area contributed by atoms with Crippen molar-refractivity contribution >= 4 is 29.2 Å². The average Bonchev–Trinajstić information content (AvgIpc) is 3.45. The topological polar surface area (TPSA) is 151 Å². The minimum Gasteiger partial charge on any atom is -0.473 e. The Hall–Kier alpha value is -4.68. The normalized spacial score (nSPS) is 15.7. The molecule has 0 aliphatic carbocycles. The van der Waals surface area contributed by atoms with Crippen LogP contribution in [0.1, 0.15) is 33.3 Å². The van der Waals surface area contributed by atoms with E-state index in [4.69, 9.17) is 15.2 Å². The van der Waals surface area contributed by atoms with Gasteiger partial charge in [0.15, 0.2) is 5.65 Å². The zero-order valence-electron chi connectivity index (χ0n) is 19.7. The molecule has 1 aliphatic rings. The second kappa shape index (κ2) is 8.83. The smallest absolute Gasteiger partial charge is 0.354 e. The summed E-state index contributed by atoms with van der Waals surface area (Å²) in [6.07, 6.45) is 3.69. The fourth-order valence-corrected chi connectivity index (χ4v) is 4.04. The highest BCUT2D eigenvalue weighted by Gasteiger charge is 2.25. The predicted octanol–water partition coefficient (Wildman–Crippen LogP) is 1.76. The zero-order valence-corrected chi connectivity index (χ0v) is 19.7. The molecule has 4 N–H and O–H groups in total. The van der Waals surface area contributed by atoms with Gasteiger partial charge in [-0.2, -0.15) is 9.61 Å². The molecular formula is C23H23FN8O4. The molecule has 13 heteroatoms. The molecule has 5 heterocycles. The number of hydrogen-bond acceptors (Lipinski definition) is 9. The lowest BCUT2D eigenvalue weighted by atomic mass is 10.1. The monoisotopic (exact) mass is 494 g/mol. The van der Waals surface area contributed by atoms with E-state index in [0.717, 1.165) is 6.20 Å². The first-order chi connectivity index (χ1) is 17.3. The average molecular weight is 494 g/mol. The fraction of sp³-hybridized carbons (Fsp3) is 0.261. The van der Waals surface area contributed by atoms with Crippen molar-refractivity contribution in [1.82, 2.24) is 29.5 Å². The SMILES string of the molecule is COC(=O)c1cc(-c2c3nc4c(cnn4c2N)C(=O)NCC(C)Oc2ncc(F)cc2CN3)cn1C. The van der Waals surface area contributed by atoms with Crippen LogP contribution in [0.15, 0.2) is 30.7 Å². The summed E-state index contributed by atoms with van der Waals surface area (Å²) >= 11 is 0. The van der Waals surface area contributed by atoms with E-state index in [0.29, 0.717) is 28.2 Å². The van der Waals surface area contributed by atoms with Gasteiger partial charge in [-0.15, -0.1) is 0 Å². The number of fused-ring (bicyclic) bond motifs is 2. The molecule has 12 nitrogen and oxygen atoms in total. The van der Waals surface area contributed by atoms with Crippen LogP contribution in [0.2, 0.25) is 0 Å². The number of carbonyl (C=O) groups excluding carboxylic acids is 2. The van der Waals surface area contributed by atoms with Gasteiger partial charge in [0.2, 0.25) is 5.88 Å². The Bertz CT molecular complexity index is 1510. The minimum absolute atomic E-state index is 0.0873. The molecular weight excluding hydrogens is 471 g/mol. The first-order valence-electron chi connectivity index (χ1n) is 11.0. The summed E-state index contributed by atoms with van der Waals surface area (Å²) in [6, 6.07) is 2.92. The van der Waals surface area contributed by atoms with E-state index in [1.165, 1.54) is 23.9 Å². The Morgan fingerprint density at radius 1 is 1.31 bits per heavy atom. The molecule has 0 aromatic carbocycles. The fourth-order valence-electron chi connectivity index (χ4n) is 4.04. The van der Waals surface area contributed by atoms with Crippen molar-refractivity contribution in [1.29, 1.82) is 0 Å². The van der Waals surface area contributed by atoms with Crippen LogP contribution in [-0.4, -0.2) is 55.8 Å². The number of nitrogens with two attached hydrogens (primary N) is 1. The number of amides is 1. The Morgan fingerprint density at radius 3 is 2.89 bits per heavy atom. The molecule has 36 heavy (non-hydrogen) atoms. The van der Waals surface area contributed by atoms with Crippen molar-refractivity contribution < 1.29 is 23.5 Å². The number of esters is 1. The summed E-state index contributed by atoms with van der Waals surface area (Å²) in [5, 5.41) is 10.2. The summed E-state index contributed by atoms with van der Waals surface area (Å²) in [7, 11) is 2.99. The second-order valence-corrected chi connectivity index (χ2v) is 8.34. The lowest BCUT2D eigenvalue weighted by molar-refractivity contribution is 0.0589. The molecule has 5 rings (SSSR count). The zero-order chi connectivity index (χ0) is 25.6. The van der Waals surface area contributed by atoms with Crippen LogP contribution in [-0.2, 0) is 18.3 Å². The molecule has 1 atom stereocenters. The van der Waals surface area contributed by atoms with E-state index in [9.17, 15) is 14.0 Å². The summed E-state index contributed by atoms with van der Waals surface area (Å²) in [4.78, 5) is 33.8. The van der Waals surface area contributed by atoms with Crippen LogP contribution in [0.5, 0.6) is 5.88 Å². The largest absolute Gasteiger partial charge is 0.473 e. The van der Waals surface area contributed by atoms with Crippen molar-refractivity contribution in [2.75, 3.05) is 24.7 Å². The van der Waals surface area contributed by atoms with Gasteiger partial charge in [0.25, 0.3) is 5.91 Å². The lowest BCUT2D eigenvalue weighted by Gasteiger charge is -2.17. The van der Waals surface area contributed by atoms with E-state index in [2.05, 4.69) is 25.7 Å². The maximum Gasteiger partial charge on any atom is 0.354 e. The third-order valence-corrected chi connectivity index (χ3v) is 5.82. The summed E-state index contributed by atoms with van der Waals surface area (Å²) in [6.45, 7) is 2.02. The molecule has 0 spiro atoms. The van der Waals surface area contributed by atoms with Gasteiger partial charge in [-0.1, -0.05) is 0 Å². The lowest BCUT2D eigenvalue weighted by Crippen LogP contribution is -2.33. The number of nitrogen functional groups attached to an aromatic ring is 1. The first kappa shape index (κ1) is 23.1. The number of aromatic nitrogens is 5. The molecule has 1 unspecified atom stereocenters. The standard InChI is InChI=1S/C23H23FN8O4/c1-11-6-27-21(33)15-9-29-32-18(25)17(13-5-16(23(34)35-3)31(2)10-13)19(30-20(15)32)26-7-12-4-14(24)8-28-22(12)36-11/h4-5,8-11H,6-7,25H2,1-3H3,(H,26,30)(H,27,33). The molecule has 1 amide bonds. The maximum atomic E-state index is 14.1. The molecule has 1 aliphatic heterocycles. The number of anilines is 2. The Morgan fingerprint density at radius 2 is 2.11 bits per heavy atom. The summed E-state index contributed by atoms with van der Waals surface area (Å²) in [5.74, 6) is -0.776. The number of aryl methyl sites for hydroxylation is 1. The number of methoxy groups -OCH3 is 1. The highest BCUT2D eigenvalue weighted by molar-refractivity contribution is 6.01. The van der Waals surface area contributed by atoms with Crippen molar-refractivity contribution in [2.24, 2.45) is 7.05 Å². The van der Waals surface area contributed by atoms with Gasteiger partial charge in [0.05, 0.1) is 31.6 Å². The van der Waals surface area contributed by atoms with Crippen LogP contribution in [0.3, 0.4) is 0 Å². The van der Waals surface area contributed by atoms with Gasteiger partial charge < -0.3 is 30.4 Å². The van der Waals surface area contributed by atoms with Gasteiger partial charge in [0, 0.05) is 30.9 Å². The van der Waals surface area contributed by atoms with Gasteiger partial charge in [-0.05, 0) is 19.1 Å². The summed E-state index contributed by atoms with van der Waals surface area (Å²) < 4.78 is 27.7. The van der Waals surface area contributed by atoms with Crippen LogP contribution < -0.4 is 21.1 Å². The molecule has 4 aromatic rings. The quantitative estimate of drug-likeness (QED) is 0.354. The van der Waals surface area contributed by atoms with Crippen LogP contribution in [0.25, 0.3) is 16.8 Å². The molecule has 4 aromatic heterocycles. The van der Waals surface area contributed by atoms with E-state index >= 15 is 0 Å². The van der Waals surface area contributed by atoms with Gasteiger partial charge in [-0.3, -0.25) is 4.79 Å². The number of hydrogen-bond donors (Lipinski definition) is 3. The van der Waals surface area contributed by atoms with Crippen LogP contribution in [0, 0.1) is 5.82 Å². The van der Waals surface area contributed by atoms with Crippen molar-refractivity contribution in [3.05, 3.63) is 53.4 Å². The molecule has 186 valence electrons. The molecule has 0 radical (unpaired) electrons. The number of nitrogens with one attached hydrogen (secondary N) is 2. The van der Waals surface area contributed by atoms with Crippen LogP contribution >= 0.6 is 0 Å². The van der Waals surface area contributed by atoms with Gasteiger partial charge in [-0.25, -0.2) is 19.2 Å². The molecule has 2 bridgehead atoms. The number of halogens is 1. The summed E-state index contributed by atoms with van der Waals surface area (Å²) in [5.41, 5.74) is 8.69. The molecule has 0 fully saturated rings. The third kappa shape index (κ3) is 3.93. The van der Waals surface area contributed by atoms with E-state index in [1.54, 1.807) is 30.8 Å². The van der Waals surface area contributed by atoms with Gasteiger partial charge >= 0.3 is 5.97 Å². The highest BCUT2D eigenvalue weighted by Crippen LogP contribution is 2.35. The number of carbonyl (C=O) groups is 2. The Kier molecular flexibility index (Phi) is 5.66. The number of ether oxygens (including phenoxy) is 2. The van der Waals surface area contributed by atoms with E-state index < -0.39 is 23.8 Å². The predicted molar refractivity (Wildman–Crippen MR) is 127 cm³/mol. The van der Waals surface area contributed by atoms with Crippen LogP contribution in [0.4, 0.5) is 16.0 Å². The van der Waals surface area contributed by atoms with E-state index in [-0.39, 0.29) is 36.0 Å². The number of nitrogens with zero attached hydrogens (tertiary/aromatic N) is 5. The molecule has 0 saturated carbocycles.